The molecular formula is C14H20N2O2. The molecule has 1 aromatic carbocycles. The van der Waals surface area contributed by atoms with Gasteiger partial charge in [-0.1, -0.05) is 12.1 Å². The lowest BCUT2D eigenvalue weighted by Crippen LogP contribution is -2.38. The fourth-order valence-electron chi connectivity index (χ4n) is 2.81. The summed E-state index contributed by atoms with van der Waals surface area (Å²) in [6.07, 6.45) is 3.63. The molecule has 1 aromatic rings. The van der Waals surface area contributed by atoms with Crippen LogP contribution in [0.1, 0.15) is 30.0 Å². The van der Waals surface area contributed by atoms with Crippen LogP contribution in [0.3, 0.4) is 0 Å². The monoisotopic (exact) mass is 248 g/mol. The van der Waals surface area contributed by atoms with Gasteiger partial charge in [0.1, 0.15) is 5.75 Å². The van der Waals surface area contributed by atoms with Crippen molar-refractivity contribution in [1.29, 1.82) is 0 Å². The number of nitrogens with one attached hydrogen (secondary N) is 1. The largest absolute Gasteiger partial charge is 0.493 e. The van der Waals surface area contributed by atoms with Gasteiger partial charge in [0.15, 0.2) is 0 Å². The molecule has 3 N–H and O–H groups in total. The molecular weight excluding hydrogens is 228 g/mol. The van der Waals surface area contributed by atoms with Crippen molar-refractivity contribution in [3.63, 3.8) is 0 Å². The molecule has 0 aromatic heterocycles. The maximum atomic E-state index is 5.73. The van der Waals surface area contributed by atoms with Gasteiger partial charge in [-0.25, -0.2) is 0 Å². The van der Waals surface area contributed by atoms with E-state index in [2.05, 4.69) is 17.6 Å². The average molecular weight is 248 g/mol. The van der Waals surface area contributed by atoms with Crippen LogP contribution in [0.5, 0.6) is 5.75 Å². The smallest absolute Gasteiger partial charge is 0.122 e. The van der Waals surface area contributed by atoms with E-state index in [1.807, 2.05) is 6.07 Å². The molecule has 98 valence electrons. The summed E-state index contributed by atoms with van der Waals surface area (Å²) < 4.78 is 11.2. The number of benzene rings is 1. The Bertz CT molecular complexity index is 432. The Balaban J connectivity index is 1.86. The normalized spacial score (nSPS) is 21.2. The second-order valence-corrected chi connectivity index (χ2v) is 5.15. The van der Waals surface area contributed by atoms with E-state index >= 15 is 0 Å². The van der Waals surface area contributed by atoms with E-state index in [9.17, 15) is 0 Å². The highest BCUT2D eigenvalue weighted by atomic mass is 16.5. The highest BCUT2D eigenvalue weighted by molar-refractivity contribution is 5.41. The van der Waals surface area contributed by atoms with Gasteiger partial charge in [0.2, 0.25) is 0 Å². The van der Waals surface area contributed by atoms with Crippen molar-refractivity contribution in [1.82, 2.24) is 5.43 Å². The molecule has 2 atom stereocenters. The number of hydrazine groups is 1. The van der Waals surface area contributed by atoms with Crippen LogP contribution >= 0.6 is 0 Å². The zero-order chi connectivity index (χ0) is 12.5. The van der Waals surface area contributed by atoms with Gasteiger partial charge < -0.3 is 9.47 Å². The number of hydrogen-bond donors (Lipinski definition) is 2. The second-order valence-electron chi connectivity index (χ2n) is 5.15. The van der Waals surface area contributed by atoms with Gasteiger partial charge in [-0.15, -0.1) is 0 Å². The summed E-state index contributed by atoms with van der Waals surface area (Å²) >= 11 is 0. The van der Waals surface area contributed by atoms with Crippen molar-refractivity contribution in [3.8, 4) is 5.75 Å². The van der Waals surface area contributed by atoms with Crippen LogP contribution in [-0.2, 0) is 11.2 Å². The lowest BCUT2D eigenvalue weighted by Gasteiger charge is -2.26. The van der Waals surface area contributed by atoms with E-state index in [0.29, 0.717) is 5.92 Å². The summed E-state index contributed by atoms with van der Waals surface area (Å²) in [5.74, 6) is 7.38. The number of nitrogens with two attached hydrogens (primary N) is 1. The maximum Gasteiger partial charge on any atom is 0.122 e. The number of hydrogen-bond acceptors (Lipinski definition) is 4. The van der Waals surface area contributed by atoms with Gasteiger partial charge in [-0.2, -0.15) is 0 Å². The Labute approximate surface area is 107 Å². The van der Waals surface area contributed by atoms with Crippen LogP contribution in [0.25, 0.3) is 0 Å². The first kappa shape index (κ1) is 12.0. The molecule has 2 aliphatic rings. The van der Waals surface area contributed by atoms with Gasteiger partial charge >= 0.3 is 0 Å². The van der Waals surface area contributed by atoms with Gasteiger partial charge in [0.05, 0.1) is 18.8 Å². The average Bonchev–Trinajstić information content (AvgIpc) is 3.12. The molecule has 0 spiro atoms. The zero-order valence-electron chi connectivity index (χ0n) is 10.7. The predicted octanol–water partition coefficient (Wildman–Crippen LogP) is 1.55. The quantitative estimate of drug-likeness (QED) is 0.613. The Kier molecular flexibility index (Phi) is 3.24. The molecule has 0 amide bonds. The Morgan fingerprint density at radius 2 is 2.28 bits per heavy atom. The van der Waals surface area contributed by atoms with E-state index in [4.69, 9.17) is 15.3 Å². The third-order valence-corrected chi connectivity index (χ3v) is 3.94. The van der Waals surface area contributed by atoms with Crippen molar-refractivity contribution in [2.45, 2.75) is 31.4 Å². The van der Waals surface area contributed by atoms with E-state index in [1.165, 1.54) is 24.0 Å². The fourth-order valence-corrected chi connectivity index (χ4v) is 2.81. The fraction of sp³-hybridized carbons (Fsp3) is 0.571. The number of methoxy groups -OCH3 is 1. The third-order valence-electron chi connectivity index (χ3n) is 3.94. The molecule has 3 rings (SSSR count). The van der Waals surface area contributed by atoms with Crippen molar-refractivity contribution < 1.29 is 9.47 Å². The topological polar surface area (TPSA) is 56.5 Å². The summed E-state index contributed by atoms with van der Waals surface area (Å²) in [6, 6.07) is 6.39. The Morgan fingerprint density at radius 1 is 1.44 bits per heavy atom. The van der Waals surface area contributed by atoms with Crippen molar-refractivity contribution >= 4 is 0 Å². The molecule has 1 saturated carbocycles. The molecule has 0 saturated heterocycles. The summed E-state index contributed by atoms with van der Waals surface area (Å²) in [5.41, 5.74) is 5.39. The Hall–Kier alpha value is -1.10. The number of ether oxygens (including phenoxy) is 2. The molecule has 18 heavy (non-hydrogen) atoms. The summed E-state index contributed by atoms with van der Waals surface area (Å²) in [7, 11) is 1.77. The Morgan fingerprint density at radius 3 is 2.94 bits per heavy atom. The first-order valence-corrected chi connectivity index (χ1v) is 6.58. The third kappa shape index (κ3) is 2.11. The van der Waals surface area contributed by atoms with Crippen LogP contribution in [0.15, 0.2) is 18.2 Å². The molecule has 1 aliphatic carbocycles. The van der Waals surface area contributed by atoms with E-state index in [-0.39, 0.29) is 12.1 Å². The minimum Gasteiger partial charge on any atom is -0.493 e. The molecule has 0 radical (unpaired) electrons. The van der Waals surface area contributed by atoms with Crippen LogP contribution in [0.4, 0.5) is 0 Å². The standard InChI is InChI=1S/C14H20N2O2/c1-17-14(9-2-3-9)13(16-15)11-4-5-12-10(8-11)6-7-18-12/h4-5,8-9,13-14,16H,2-3,6-7,15H2,1H3. The first-order chi connectivity index (χ1) is 8.83. The summed E-state index contributed by atoms with van der Waals surface area (Å²) in [4.78, 5) is 0. The summed E-state index contributed by atoms with van der Waals surface area (Å²) in [5, 5.41) is 0. The SMILES string of the molecule is COC(C1CC1)C(NN)c1ccc2c(c1)CCO2. The van der Waals surface area contributed by atoms with Crippen LogP contribution < -0.4 is 16.0 Å². The first-order valence-electron chi connectivity index (χ1n) is 6.58. The van der Waals surface area contributed by atoms with Crippen molar-refractivity contribution in [2.24, 2.45) is 11.8 Å². The van der Waals surface area contributed by atoms with Crippen LogP contribution in [0.2, 0.25) is 0 Å². The maximum absolute atomic E-state index is 5.73. The van der Waals surface area contributed by atoms with E-state index in [0.717, 1.165) is 18.8 Å². The number of rotatable bonds is 5. The highest BCUT2D eigenvalue weighted by Gasteiger charge is 2.37. The molecule has 4 heteroatoms. The highest BCUT2D eigenvalue weighted by Crippen LogP contribution is 2.40. The minimum atomic E-state index is 0.0633. The number of fused-ring (bicyclic) bond motifs is 1. The molecule has 2 unspecified atom stereocenters. The van der Waals surface area contributed by atoms with Crippen molar-refractivity contribution in [2.75, 3.05) is 13.7 Å². The van der Waals surface area contributed by atoms with Crippen LogP contribution in [-0.4, -0.2) is 19.8 Å². The lowest BCUT2D eigenvalue weighted by atomic mass is 9.96. The van der Waals surface area contributed by atoms with Gasteiger partial charge in [0, 0.05) is 13.5 Å². The molecule has 1 heterocycles. The van der Waals surface area contributed by atoms with E-state index in [1.54, 1.807) is 7.11 Å². The zero-order valence-corrected chi connectivity index (χ0v) is 10.7. The van der Waals surface area contributed by atoms with E-state index < -0.39 is 0 Å². The molecule has 1 aliphatic heterocycles. The summed E-state index contributed by atoms with van der Waals surface area (Å²) in [6.45, 7) is 0.788. The minimum absolute atomic E-state index is 0.0633. The van der Waals surface area contributed by atoms with Crippen molar-refractivity contribution in [3.05, 3.63) is 29.3 Å². The lowest BCUT2D eigenvalue weighted by molar-refractivity contribution is 0.0506. The second kappa shape index (κ2) is 4.88. The molecule has 1 fully saturated rings. The van der Waals surface area contributed by atoms with Gasteiger partial charge in [-0.3, -0.25) is 11.3 Å². The molecule has 0 bridgehead atoms. The van der Waals surface area contributed by atoms with Crippen LogP contribution in [0, 0.1) is 5.92 Å². The molecule has 4 nitrogen and oxygen atoms in total. The van der Waals surface area contributed by atoms with Gasteiger partial charge in [-0.05, 0) is 36.0 Å². The predicted molar refractivity (Wildman–Crippen MR) is 69.2 cm³/mol. The van der Waals surface area contributed by atoms with Gasteiger partial charge in [0.25, 0.3) is 0 Å².